The van der Waals surface area contributed by atoms with Crippen LogP contribution in [0, 0.1) is 23.7 Å². The molecule has 0 aliphatic heterocycles. The molecule has 0 bridgehead atoms. The minimum atomic E-state index is 0.275. The van der Waals surface area contributed by atoms with Crippen LogP contribution in [0.15, 0.2) is 0 Å². The van der Waals surface area contributed by atoms with Gasteiger partial charge < -0.3 is 5.32 Å². The van der Waals surface area contributed by atoms with Crippen molar-refractivity contribution in [1.82, 2.24) is 5.32 Å². The lowest BCUT2D eigenvalue weighted by Gasteiger charge is -2.26. The van der Waals surface area contributed by atoms with Crippen LogP contribution in [0.5, 0.6) is 0 Å². The van der Waals surface area contributed by atoms with Crippen molar-refractivity contribution in [2.45, 2.75) is 51.9 Å². The van der Waals surface area contributed by atoms with Crippen molar-refractivity contribution in [3.63, 3.8) is 0 Å². The van der Waals surface area contributed by atoms with Gasteiger partial charge in [0.15, 0.2) is 0 Å². The Hall–Kier alpha value is -0.240. The van der Waals surface area contributed by atoms with Gasteiger partial charge in [-0.1, -0.05) is 13.3 Å². The summed E-state index contributed by atoms with van der Waals surface area (Å²) in [5.74, 6) is 3.37. The average Bonchev–Trinajstić information content (AvgIpc) is 2.84. The van der Waals surface area contributed by atoms with E-state index in [-0.39, 0.29) is 5.92 Å². The van der Waals surface area contributed by atoms with Crippen LogP contribution in [0.2, 0.25) is 0 Å². The molecular formula is C15H26ClNO. The molecule has 2 aliphatic carbocycles. The summed E-state index contributed by atoms with van der Waals surface area (Å²) in [5, 5.41) is 3.18. The normalized spacial score (nSPS) is 36.6. The Bertz CT molecular complexity index is 274. The Morgan fingerprint density at radius 3 is 2.44 bits per heavy atom. The zero-order valence-electron chi connectivity index (χ0n) is 11.5. The van der Waals surface area contributed by atoms with E-state index in [1.54, 1.807) is 0 Å². The van der Waals surface area contributed by atoms with E-state index in [0.29, 0.717) is 17.7 Å². The maximum atomic E-state index is 12.1. The fourth-order valence-corrected chi connectivity index (χ4v) is 3.89. The van der Waals surface area contributed by atoms with E-state index in [2.05, 4.69) is 12.2 Å². The molecule has 2 rings (SSSR count). The molecule has 18 heavy (non-hydrogen) atoms. The molecule has 1 amide bonds. The number of carbonyl (C=O) groups is 1. The molecule has 0 radical (unpaired) electrons. The minimum absolute atomic E-state index is 0.275. The molecule has 2 aliphatic rings. The van der Waals surface area contributed by atoms with Crippen molar-refractivity contribution in [1.29, 1.82) is 0 Å². The first-order valence-electron chi connectivity index (χ1n) is 7.54. The first-order valence-corrected chi connectivity index (χ1v) is 8.07. The molecule has 0 aromatic heterocycles. The van der Waals surface area contributed by atoms with Crippen molar-refractivity contribution in [2.75, 3.05) is 12.4 Å². The molecule has 2 saturated carbocycles. The number of amides is 1. The largest absolute Gasteiger partial charge is 0.356 e. The SMILES string of the molecule is CC1CCC(C(=O)NCC2CCCC2CCl)CC1. The average molecular weight is 272 g/mol. The van der Waals surface area contributed by atoms with Gasteiger partial charge in [-0.15, -0.1) is 11.6 Å². The zero-order valence-corrected chi connectivity index (χ0v) is 12.2. The van der Waals surface area contributed by atoms with E-state index in [0.717, 1.165) is 31.2 Å². The van der Waals surface area contributed by atoms with Crippen LogP contribution in [0.3, 0.4) is 0 Å². The molecule has 2 unspecified atom stereocenters. The molecule has 104 valence electrons. The van der Waals surface area contributed by atoms with Gasteiger partial charge in [-0.3, -0.25) is 4.79 Å². The highest BCUT2D eigenvalue weighted by molar-refractivity contribution is 6.18. The fourth-order valence-electron chi connectivity index (χ4n) is 3.48. The van der Waals surface area contributed by atoms with Crippen LogP contribution in [0.25, 0.3) is 0 Å². The number of alkyl halides is 1. The van der Waals surface area contributed by atoms with Crippen LogP contribution < -0.4 is 5.32 Å². The number of rotatable bonds is 4. The molecule has 3 heteroatoms. The van der Waals surface area contributed by atoms with Gasteiger partial charge in [-0.25, -0.2) is 0 Å². The van der Waals surface area contributed by atoms with E-state index >= 15 is 0 Å². The summed E-state index contributed by atoms with van der Waals surface area (Å²) in [4.78, 5) is 12.1. The van der Waals surface area contributed by atoms with Gasteiger partial charge >= 0.3 is 0 Å². The van der Waals surface area contributed by atoms with Gasteiger partial charge in [0.25, 0.3) is 0 Å². The van der Waals surface area contributed by atoms with Crippen LogP contribution >= 0.6 is 11.6 Å². The third kappa shape index (κ3) is 3.63. The molecule has 0 aromatic carbocycles. The van der Waals surface area contributed by atoms with Crippen LogP contribution in [-0.2, 0) is 4.79 Å². The summed E-state index contributed by atoms with van der Waals surface area (Å²) in [6, 6.07) is 0. The highest BCUT2D eigenvalue weighted by Gasteiger charge is 2.28. The lowest BCUT2D eigenvalue weighted by atomic mass is 9.82. The lowest BCUT2D eigenvalue weighted by molar-refractivity contribution is -0.126. The number of hydrogen-bond donors (Lipinski definition) is 1. The van der Waals surface area contributed by atoms with Gasteiger partial charge in [0.05, 0.1) is 0 Å². The number of hydrogen-bond acceptors (Lipinski definition) is 1. The van der Waals surface area contributed by atoms with Gasteiger partial charge in [0.1, 0.15) is 0 Å². The summed E-state index contributed by atoms with van der Waals surface area (Å²) in [6.07, 6.45) is 8.34. The molecular weight excluding hydrogens is 246 g/mol. The Labute approximate surface area is 116 Å². The second kappa shape index (κ2) is 6.79. The molecule has 0 saturated heterocycles. The maximum Gasteiger partial charge on any atom is 0.223 e. The minimum Gasteiger partial charge on any atom is -0.356 e. The van der Waals surface area contributed by atoms with Crippen LogP contribution in [0.1, 0.15) is 51.9 Å². The third-order valence-corrected chi connectivity index (χ3v) is 5.34. The molecule has 0 heterocycles. The monoisotopic (exact) mass is 271 g/mol. The van der Waals surface area contributed by atoms with Crippen molar-refractivity contribution >= 4 is 17.5 Å². The van der Waals surface area contributed by atoms with E-state index in [4.69, 9.17) is 11.6 Å². The highest BCUT2D eigenvalue weighted by Crippen LogP contribution is 2.32. The van der Waals surface area contributed by atoms with Gasteiger partial charge in [-0.05, 0) is 56.3 Å². The quantitative estimate of drug-likeness (QED) is 0.778. The topological polar surface area (TPSA) is 29.1 Å². The number of carbonyl (C=O) groups excluding carboxylic acids is 1. The summed E-state index contributed by atoms with van der Waals surface area (Å²) < 4.78 is 0. The van der Waals surface area contributed by atoms with Crippen molar-refractivity contribution < 1.29 is 4.79 Å². The Kier molecular flexibility index (Phi) is 5.35. The Morgan fingerprint density at radius 2 is 1.78 bits per heavy atom. The highest BCUT2D eigenvalue weighted by atomic mass is 35.5. The second-order valence-electron chi connectivity index (χ2n) is 6.31. The van der Waals surface area contributed by atoms with Gasteiger partial charge in [0, 0.05) is 18.3 Å². The first-order chi connectivity index (χ1) is 8.70. The van der Waals surface area contributed by atoms with E-state index in [9.17, 15) is 4.79 Å². The summed E-state index contributed by atoms with van der Waals surface area (Å²) in [6.45, 7) is 3.14. The lowest BCUT2D eigenvalue weighted by Crippen LogP contribution is -2.37. The fraction of sp³-hybridized carbons (Fsp3) is 0.933. The first kappa shape index (κ1) is 14.2. The predicted octanol–water partition coefficient (Wildman–Crippen LogP) is 3.58. The predicted molar refractivity (Wildman–Crippen MR) is 75.7 cm³/mol. The molecule has 2 atom stereocenters. The summed E-state index contributed by atoms with van der Waals surface area (Å²) in [7, 11) is 0. The van der Waals surface area contributed by atoms with Gasteiger partial charge in [-0.2, -0.15) is 0 Å². The third-order valence-electron chi connectivity index (χ3n) is 4.94. The maximum absolute atomic E-state index is 12.1. The number of halogens is 1. The van der Waals surface area contributed by atoms with Crippen LogP contribution in [0.4, 0.5) is 0 Å². The Morgan fingerprint density at radius 1 is 1.11 bits per heavy atom. The van der Waals surface area contributed by atoms with E-state index < -0.39 is 0 Å². The number of nitrogens with one attached hydrogen (secondary N) is 1. The van der Waals surface area contributed by atoms with Crippen molar-refractivity contribution in [3.05, 3.63) is 0 Å². The summed E-state index contributed by atoms with van der Waals surface area (Å²) in [5.41, 5.74) is 0. The van der Waals surface area contributed by atoms with Crippen molar-refractivity contribution in [3.8, 4) is 0 Å². The van der Waals surface area contributed by atoms with Crippen LogP contribution in [-0.4, -0.2) is 18.3 Å². The molecule has 2 nitrogen and oxygen atoms in total. The van der Waals surface area contributed by atoms with Crippen molar-refractivity contribution in [2.24, 2.45) is 23.7 Å². The molecule has 1 N–H and O–H groups in total. The van der Waals surface area contributed by atoms with E-state index in [1.165, 1.54) is 32.1 Å². The standard InChI is InChI=1S/C15H26ClNO/c1-11-5-7-12(8-6-11)15(18)17-10-14-4-2-3-13(14)9-16/h11-14H,2-10H2,1H3,(H,17,18). The molecule has 0 aromatic rings. The smallest absolute Gasteiger partial charge is 0.223 e. The zero-order chi connectivity index (χ0) is 13.0. The summed E-state index contributed by atoms with van der Waals surface area (Å²) >= 11 is 5.97. The van der Waals surface area contributed by atoms with E-state index in [1.807, 2.05) is 0 Å². The molecule has 2 fully saturated rings. The van der Waals surface area contributed by atoms with Gasteiger partial charge in [0.2, 0.25) is 5.91 Å². The Balaban J connectivity index is 1.71. The molecule has 0 spiro atoms. The second-order valence-corrected chi connectivity index (χ2v) is 6.62.